The number of rotatable bonds is 4. The van der Waals surface area contributed by atoms with Gasteiger partial charge in [0.1, 0.15) is 6.04 Å². The Balaban J connectivity index is 1.66. The third-order valence-electron chi connectivity index (χ3n) is 3.87. The topological polar surface area (TPSA) is 41.1 Å². The third-order valence-corrected chi connectivity index (χ3v) is 5.10. The smallest absolute Gasteiger partial charge is 0.242 e. The van der Waals surface area contributed by atoms with Crippen LogP contribution in [0.15, 0.2) is 36.4 Å². The number of hydrogen-bond acceptors (Lipinski definition) is 3. The number of benzene rings is 1. The molecule has 1 aliphatic rings. The standard InChI is InChI=1S/C17H20N2OS/c1-2-13-7-8-14(21-13)11-19-17(20)16-15-6-4-3-5-12(15)9-10-18-16/h3-8,16,18H,2,9-11H2,1H3,(H,19,20). The summed E-state index contributed by atoms with van der Waals surface area (Å²) in [4.78, 5) is 15.0. The van der Waals surface area contributed by atoms with Crippen molar-refractivity contribution < 1.29 is 4.79 Å². The lowest BCUT2D eigenvalue weighted by Crippen LogP contribution is -2.41. The Bertz CT molecular complexity index is 635. The van der Waals surface area contributed by atoms with E-state index in [1.807, 2.05) is 18.2 Å². The van der Waals surface area contributed by atoms with Gasteiger partial charge in [0.15, 0.2) is 0 Å². The Labute approximate surface area is 129 Å². The molecule has 2 heterocycles. The monoisotopic (exact) mass is 300 g/mol. The number of carbonyl (C=O) groups excluding carboxylic acids is 1. The van der Waals surface area contributed by atoms with Gasteiger partial charge in [-0.05, 0) is 36.1 Å². The summed E-state index contributed by atoms with van der Waals surface area (Å²) in [5.41, 5.74) is 2.39. The second-order valence-corrected chi connectivity index (χ2v) is 6.53. The highest BCUT2D eigenvalue weighted by Crippen LogP contribution is 2.23. The minimum atomic E-state index is -0.222. The van der Waals surface area contributed by atoms with Crippen molar-refractivity contribution in [2.24, 2.45) is 0 Å². The zero-order valence-corrected chi connectivity index (χ0v) is 13.0. The van der Waals surface area contributed by atoms with Crippen molar-refractivity contribution in [3.8, 4) is 0 Å². The fourth-order valence-electron chi connectivity index (χ4n) is 2.72. The molecule has 0 spiro atoms. The Morgan fingerprint density at radius 3 is 2.90 bits per heavy atom. The molecule has 1 aromatic carbocycles. The van der Waals surface area contributed by atoms with Crippen LogP contribution in [0.5, 0.6) is 0 Å². The summed E-state index contributed by atoms with van der Waals surface area (Å²) in [5.74, 6) is 0.0635. The molecule has 0 bridgehead atoms. The van der Waals surface area contributed by atoms with E-state index in [9.17, 15) is 4.79 Å². The van der Waals surface area contributed by atoms with Crippen LogP contribution in [0.3, 0.4) is 0 Å². The lowest BCUT2D eigenvalue weighted by atomic mass is 9.94. The van der Waals surface area contributed by atoms with Gasteiger partial charge in [0.05, 0.1) is 6.54 Å². The number of thiophene rings is 1. The molecule has 110 valence electrons. The van der Waals surface area contributed by atoms with E-state index in [1.165, 1.54) is 15.3 Å². The summed E-state index contributed by atoms with van der Waals surface area (Å²) in [6, 6.07) is 12.2. The van der Waals surface area contributed by atoms with Crippen LogP contribution in [0.2, 0.25) is 0 Å². The van der Waals surface area contributed by atoms with E-state index in [0.29, 0.717) is 6.54 Å². The largest absolute Gasteiger partial charge is 0.350 e. The van der Waals surface area contributed by atoms with Crippen LogP contribution in [0.25, 0.3) is 0 Å². The van der Waals surface area contributed by atoms with E-state index in [4.69, 9.17) is 0 Å². The van der Waals surface area contributed by atoms with Gasteiger partial charge in [0, 0.05) is 16.3 Å². The molecule has 1 atom stereocenters. The predicted molar refractivity (Wildman–Crippen MR) is 86.4 cm³/mol. The first-order valence-corrected chi connectivity index (χ1v) is 8.26. The molecular weight excluding hydrogens is 280 g/mol. The van der Waals surface area contributed by atoms with Crippen LogP contribution in [0.4, 0.5) is 0 Å². The fourth-order valence-corrected chi connectivity index (χ4v) is 3.62. The summed E-state index contributed by atoms with van der Waals surface area (Å²) in [7, 11) is 0. The Morgan fingerprint density at radius 2 is 2.10 bits per heavy atom. The zero-order chi connectivity index (χ0) is 14.7. The Kier molecular flexibility index (Phi) is 4.36. The van der Waals surface area contributed by atoms with Crippen LogP contribution in [-0.4, -0.2) is 12.5 Å². The Morgan fingerprint density at radius 1 is 1.29 bits per heavy atom. The normalized spacial score (nSPS) is 17.3. The van der Waals surface area contributed by atoms with E-state index in [1.54, 1.807) is 11.3 Å². The van der Waals surface area contributed by atoms with Gasteiger partial charge in [0.2, 0.25) is 5.91 Å². The van der Waals surface area contributed by atoms with Gasteiger partial charge in [-0.15, -0.1) is 11.3 Å². The molecule has 1 unspecified atom stereocenters. The molecule has 4 heteroatoms. The molecule has 1 amide bonds. The van der Waals surface area contributed by atoms with E-state index < -0.39 is 0 Å². The molecule has 0 aliphatic carbocycles. The van der Waals surface area contributed by atoms with Crippen LogP contribution < -0.4 is 10.6 Å². The molecule has 21 heavy (non-hydrogen) atoms. The molecular formula is C17H20N2OS. The van der Waals surface area contributed by atoms with E-state index in [2.05, 4.69) is 35.8 Å². The highest BCUT2D eigenvalue weighted by atomic mass is 32.1. The van der Waals surface area contributed by atoms with Gasteiger partial charge in [-0.1, -0.05) is 31.2 Å². The molecule has 1 aromatic heterocycles. The van der Waals surface area contributed by atoms with Gasteiger partial charge in [-0.25, -0.2) is 0 Å². The number of amides is 1. The second-order valence-electron chi connectivity index (χ2n) is 5.28. The van der Waals surface area contributed by atoms with Crippen molar-refractivity contribution in [3.63, 3.8) is 0 Å². The number of nitrogens with one attached hydrogen (secondary N) is 2. The summed E-state index contributed by atoms with van der Waals surface area (Å²) in [6.07, 6.45) is 2.04. The minimum absolute atomic E-state index is 0.0635. The SMILES string of the molecule is CCc1ccc(CNC(=O)C2NCCc3ccccc32)s1. The van der Waals surface area contributed by atoms with Gasteiger partial charge in [0.25, 0.3) is 0 Å². The fraction of sp³-hybridized carbons (Fsp3) is 0.353. The highest BCUT2D eigenvalue weighted by molar-refractivity contribution is 7.11. The maximum Gasteiger partial charge on any atom is 0.242 e. The molecule has 0 fully saturated rings. The van der Waals surface area contributed by atoms with Crippen molar-refractivity contribution in [2.75, 3.05) is 6.54 Å². The van der Waals surface area contributed by atoms with E-state index in [0.717, 1.165) is 24.9 Å². The maximum absolute atomic E-state index is 12.4. The van der Waals surface area contributed by atoms with Crippen molar-refractivity contribution >= 4 is 17.2 Å². The van der Waals surface area contributed by atoms with Gasteiger partial charge in [-0.2, -0.15) is 0 Å². The van der Waals surface area contributed by atoms with E-state index in [-0.39, 0.29) is 11.9 Å². The van der Waals surface area contributed by atoms with Crippen molar-refractivity contribution in [1.82, 2.24) is 10.6 Å². The molecule has 0 radical (unpaired) electrons. The predicted octanol–water partition coefficient (Wildman–Crippen LogP) is 2.81. The zero-order valence-electron chi connectivity index (χ0n) is 12.2. The minimum Gasteiger partial charge on any atom is -0.350 e. The molecule has 2 N–H and O–H groups in total. The lowest BCUT2D eigenvalue weighted by molar-refractivity contribution is -0.123. The van der Waals surface area contributed by atoms with Crippen molar-refractivity contribution in [1.29, 1.82) is 0 Å². The van der Waals surface area contributed by atoms with E-state index >= 15 is 0 Å². The number of hydrogen-bond donors (Lipinski definition) is 2. The van der Waals surface area contributed by atoms with Crippen LogP contribution in [0.1, 0.15) is 33.8 Å². The highest BCUT2D eigenvalue weighted by Gasteiger charge is 2.25. The molecule has 3 rings (SSSR count). The first-order valence-electron chi connectivity index (χ1n) is 7.44. The first-order chi connectivity index (χ1) is 10.3. The number of fused-ring (bicyclic) bond motifs is 1. The van der Waals surface area contributed by atoms with Crippen LogP contribution in [-0.2, 0) is 24.2 Å². The summed E-state index contributed by atoms with van der Waals surface area (Å²) < 4.78 is 0. The first kappa shape index (κ1) is 14.3. The Hall–Kier alpha value is -1.65. The molecule has 0 saturated heterocycles. The van der Waals surface area contributed by atoms with Gasteiger partial charge < -0.3 is 10.6 Å². The molecule has 2 aromatic rings. The average Bonchev–Trinajstić information content (AvgIpc) is 3.00. The number of aryl methyl sites for hydroxylation is 1. The maximum atomic E-state index is 12.4. The van der Waals surface area contributed by atoms with Gasteiger partial charge >= 0.3 is 0 Å². The van der Waals surface area contributed by atoms with Crippen LogP contribution in [0, 0.1) is 0 Å². The van der Waals surface area contributed by atoms with Crippen molar-refractivity contribution in [3.05, 3.63) is 57.3 Å². The number of carbonyl (C=O) groups is 1. The summed E-state index contributed by atoms with van der Waals surface area (Å²) in [5, 5.41) is 6.38. The average molecular weight is 300 g/mol. The van der Waals surface area contributed by atoms with Crippen LogP contribution >= 0.6 is 11.3 Å². The summed E-state index contributed by atoms with van der Waals surface area (Å²) >= 11 is 1.77. The molecule has 3 nitrogen and oxygen atoms in total. The lowest BCUT2D eigenvalue weighted by Gasteiger charge is -2.25. The summed E-state index contributed by atoms with van der Waals surface area (Å²) in [6.45, 7) is 3.62. The second kappa shape index (κ2) is 6.41. The molecule has 1 aliphatic heterocycles. The van der Waals surface area contributed by atoms with Gasteiger partial charge in [-0.3, -0.25) is 4.79 Å². The van der Waals surface area contributed by atoms with Crippen molar-refractivity contribution in [2.45, 2.75) is 32.4 Å². The third kappa shape index (κ3) is 3.17. The molecule has 0 saturated carbocycles. The quantitative estimate of drug-likeness (QED) is 0.911.